The Morgan fingerprint density at radius 3 is 2.00 bits per heavy atom. The molecule has 2 nitrogen and oxygen atoms in total. The Morgan fingerprint density at radius 1 is 1.21 bits per heavy atom. The van der Waals surface area contributed by atoms with Crippen molar-refractivity contribution in [3.63, 3.8) is 0 Å². The van der Waals surface area contributed by atoms with Gasteiger partial charge in [-0.3, -0.25) is 0 Å². The molecule has 0 aromatic carbocycles. The number of hydrogen-bond acceptors (Lipinski definition) is 2. The molecule has 76 valence electrons. The van der Waals surface area contributed by atoms with E-state index < -0.39 is 0 Å². The topological polar surface area (TPSA) is 25.8 Å². The van der Waals surface area contributed by atoms with Gasteiger partial charge in [-0.2, -0.15) is 0 Å². The first-order chi connectivity index (χ1) is 6.42. The fourth-order valence-corrected chi connectivity index (χ4v) is 1.94. The van der Waals surface area contributed by atoms with Crippen molar-refractivity contribution in [1.82, 2.24) is 9.97 Å². The van der Waals surface area contributed by atoms with Gasteiger partial charge >= 0.3 is 0 Å². The van der Waals surface area contributed by atoms with Crippen molar-refractivity contribution in [2.24, 2.45) is 5.41 Å². The summed E-state index contributed by atoms with van der Waals surface area (Å²) in [5.74, 6) is 1.20. The third-order valence-electron chi connectivity index (χ3n) is 2.87. The molecular formula is C10H12Cl2N2. The summed E-state index contributed by atoms with van der Waals surface area (Å²) in [5.41, 5.74) is 1.07. The molecule has 1 fully saturated rings. The predicted octanol–water partition coefficient (Wildman–Crippen LogP) is 3.61. The maximum atomic E-state index is 5.95. The Labute approximate surface area is 93.7 Å². The van der Waals surface area contributed by atoms with Crippen molar-refractivity contribution < 1.29 is 0 Å². The standard InChI is InChI=1S/C10H12Cl2N2/c1-5-7(11)13-9(14-8(5)12)6-4-10(6,2)3/h6H,4H2,1-3H3. The summed E-state index contributed by atoms with van der Waals surface area (Å²) in [5, 5.41) is 0.949. The maximum Gasteiger partial charge on any atom is 0.137 e. The summed E-state index contributed by atoms with van der Waals surface area (Å²) >= 11 is 11.9. The van der Waals surface area contributed by atoms with Crippen LogP contribution in [-0.2, 0) is 0 Å². The molecule has 1 aromatic heterocycles. The summed E-state index contributed by atoms with van der Waals surface area (Å²) in [6, 6.07) is 0. The highest BCUT2D eigenvalue weighted by atomic mass is 35.5. The minimum atomic E-state index is 0.307. The summed E-state index contributed by atoms with van der Waals surface area (Å²) in [7, 11) is 0. The van der Waals surface area contributed by atoms with E-state index in [1.54, 1.807) is 0 Å². The number of rotatable bonds is 1. The lowest BCUT2D eigenvalue weighted by molar-refractivity contribution is 0.608. The molecule has 0 saturated heterocycles. The molecule has 1 unspecified atom stereocenters. The average Bonchev–Trinajstić information content (AvgIpc) is 2.70. The molecule has 0 radical (unpaired) electrons. The quantitative estimate of drug-likeness (QED) is 0.690. The molecule has 1 heterocycles. The molecule has 0 spiro atoms. The van der Waals surface area contributed by atoms with Gasteiger partial charge in [0.05, 0.1) is 0 Å². The molecule has 0 aliphatic heterocycles. The van der Waals surface area contributed by atoms with E-state index in [9.17, 15) is 0 Å². The maximum absolute atomic E-state index is 5.95. The fourth-order valence-electron chi connectivity index (χ4n) is 1.54. The van der Waals surface area contributed by atoms with E-state index in [1.807, 2.05) is 6.92 Å². The lowest BCUT2D eigenvalue weighted by Crippen LogP contribution is -1.99. The number of nitrogens with zero attached hydrogens (tertiary/aromatic N) is 2. The highest BCUT2D eigenvalue weighted by Gasteiger charge is 2.48. The van der Waals surface area contributed by atoms with Gasteiger partial charge in [0.2, 0.25) is 0 Å². The largest absolute Gasteiger partial charge is 0.221 e. The minimum Gasteiger partial charge on any atom is -0.221 e. The zero-order valence-corrected chi connectivity index (χ0v) is 9.95. The zero-order chi connectivity index (χ0) is 10.5. The Morgan fingerprint density at radius 2 is 1.64 bits per heavy atom. The summed E-state index contributed by atoms with van der Waals surface area (Å²) in [6.07, 6.45) is 1.11. The zero-order valence-electron chi connectivity index (χ0n) is 8.43. The molecule has 1 aromatic rings. The molecular weight excluding hydrogens is 219 g/mol. The summed E-state index contributed by atoms with van der Waals surface area (Å²) in [4.78, 5) is 8.52. The van der Waals surface area contributed by atoms with Gasteiger partial charge < -0.3 is 0 Å². The normalized spacial score (nSPS) is 23.6. The van der Waals surface area contributed by atoms with Gasteiger partial charge in [0.1, 0.15) is 16.1 Å². The second-order valence-electron chi connectivity index (χ2n) is 4.53. The third-order valence-corrected chi connectivity index (χ3v) is 3.61. The van der Waals surface area contributed by atoms with E-state index in [1.165, 1.54) is 0 Å². The molecule has 1 aliphatic rings. The van der Waals surface area contributed by atoms with Gasteiger partial charge in [0, 0.05) is 11.5 Å². The van der Waals surface area contributed by atoms with Crippen LogP contribution in [0.25, 0.3) is 0 Å². The van der Waals surface area contributed by atoms with Crippen molar-refractivity contribution in [2.75, 3.05) is 0 Å². The Balaban J connectivity index is 2.38. The lowest BCUT2D eigenvalue weighted by atomic mass is 10.1. The first-order valence-electron chi connectivity index (χ1n) is 4.61. The van der Waals surface area contributed by atoms with Crippen LogP contribution >= 0.6 is 23.2 Å². The van der Waals surface area contributed by atoms with E-state index in [0.717, 1.165) is 17.8 Å². The van der Waals surface area contributed by atoms with Gasteiger partial charge in [0.15, 0.2) is 0 Å². The van der Waals surface area contributed by atoms with Crippen molar-refractivity contribution in [3.05, 3.63) is 21.7 Å². The summed E-state index contributed by atoms with van der Waals surface area (Å²) < 4.78 is 0. The number of aromatic nitrogens is 2. The van der Waals surface area contributed by atoms with Crippen LogP contribution in [0, 0.1) is 12.3 Å². The van der Waals surface area contributed by atoms with E-state index in [0.29, 0.717) is 21.6 Å². The highest BCUT2D eigenvalue weighted by Crippen LogP contribution is 2.57. The molecule has 2 rings (SSSR count). The highest BCUT2D eigenvalue weighted by molar-refractivity contribution is 6.34. The predicted molar refractivity (Wildman–Crippen MR) is 57.9 cm³/mol. The summed E-state index contributed by atoms with van der Waals surface area (Å²) in [6.45, 7) is 6.22. The van der Waals surface area contributed by atoms with Crippen molar-refractivity contribution in [3.8, 4) is 0 Å². The van der Waals surface area contributed by atoms with Crippen LogP contribution in [0.4, 0.5) is 0 Å². The van der Waals surface area contributed by atoms with Crippen LogP contribution in [0.1, 0.15) is 37.6 Å². The molecule has 1 saturated carbocycles. The van der Waals surface area contributed by atoms with Gasteiger partial charge in [-0.15, -0.1) is 0 Å². The molecule has 1 atom stereocenters. The molecule has 0 N–H and O–H groups in total. The molecule has 0 bridgehead atoms. The van der Waals surface area contributed by atoms with E-state index in [2.05, 4.69) is 23.8 Å². The Kier molecular flexibility index (Phi) is 2.24. The second-order valence-corrected chi connectivity index (χ2v) is 5.25. The minimum absolute atomic E-state index is 0.307. The molecule has 4 heteroatoms. The van der Waals surface area contributed by atoms with E-state index in [-0.39, 0.29) is 0 Å². The van der Waals surface area contributed by atoms with Crippen LogP contribution in [0.2, 0.25) is 10.3 Å². The Hall–Kier alpha value is -0.340. The van der Waals surface area contributed by atoms with Gasteiger partial charge in [-0.05, 0) is 18.8 Å². The molecule has 14 heavy (non-hydrogen) atoms. The molecule has 1 aliphatic carbocycles. The number of hydrogen-bond donors (Lipinski definition) is 0. The van der Waals surface area contributed by atoms with Crippen LogP contribution in [-0.4, -0.2) is 9.97 Å². The van der Waals surface area contributed by atoms with Crippen molar-refractivity contribution in [1.29, 1.82) is 0 Å². The number of halogens is 2. The first kappa shape index (κ1) is 10.2. The van der Waals surface area contributed by atoms with E-state index in [4.69, 9.17) is 23.2 Å². The van der Waals surface area contributed by atoms with Crippen LogP contribution in [0.15, 0.2) is 0 Å². The SMILES string of the molecule is Cc1c(Cl)nc(C2CC2(C)C)nc1Cl. The smallest absolute Gasteiger partial charge is 0.137 e. The van der Waals surface area contributed by atoms with Gasteiger partial charge in [0.25, 0.3) is 0 Å². The average molecular weight is 231 g/mol. The van der Waals surface area contributed by atoms with Crippen LogP contribution in [0.5, 0.6) is 0 Å². The van der Waals surface area contributed by atoms with Crippen LogP contribution < -0.4 is 0 Å². The first-order valence-corrected chi connectivity index (χ1v) is 5.37. The van der Waals surface area contributed by atoms with Crippen molar-refractivity contribution in [2.45, 2.75) is 33.1 Å². The van der Waals surface area contributed by atoms with Gasteiger partial charge in [-0.25, -0.2) is 9.97 Å². The van der Waals surface area contributed by atoms with Crippen LogP contribution in [0.3, 0.4) is 0 Å². The second kappa shape index (κ2) is 3.07. The van der Waals surface area contributed by atoms with Gasteiger partial charge in [-0.1, -0.05) is 37.0 Å². The fraction of sp³-hybridized carbons (Fsp3) is 0.600. The third kappa shape index (κ3) is 1.61. The Bertz CT molecular complexity index is 365. The lowest BCUT2D eigenvalue weighted by Gasteiger charge is -2.05. The molecule has 0 amide bonds. The monoisotopic (exact) mass is 230 g/mol. The van der Waals surface area contributed by atoms with Crippen molar-refractivity contribution >= 4 is 23.2 Å². The van der Waals surface area contributed by atoms with E-state index >= 15 is 0 Å².